The van der Waals surface area contributed by atoms with Gasteiger partial charge in [-0.15, -0.1) is 0 Å². The Morgan fingerprint density at radius 3 is 2.56 bits per heavy atom. The average Bonchev–Trinajstić information content (AvgIpc) is 2.80. The first-order chi connectivity index (χ1) is 16.4. The summed E-state index contributed by atoms with van der Waals surface area (Å²) < 4.78 is 6.53. The van der Waals surface area contributed by atoms with Crippen LogP contribution in [-0.2, 0) is 22.6 Å². The monoisotopic (exact) mass is 561 g/mol. The number of hydrogen-bond acceptors (Lipinski definition) is 4. The van der Waals surface area contributed by atoms with Gasteiger partial charge < -0.3 is 10.1 Å². The van der Waals surface area contributed by atoms with Crippen LogP contribution in [0.4, 0.5) is 5.69 Å². The van der Waals surface area contributed by atoms with Crippen molar-refractivity contribution in [3.63, 3.8) is 0 Å². The summed E-state index contributed by atoms with van der Waals surface area (Å²) in [5.74, 6) is -0.295. The third kappa shape index (κ3) is 7.58. The Hall–Kier alpha value is -2.87. The average molecular weight is 563 g/mol. The van der Waals surface area contributed by atoms with Crippen LogP contribution in [-0.4, -0.2) is 18.0 Å². The minimum Gasteiger partial charge on any atom is -0.488 e. The van der Waals surface area contributed by atoms with Gasteiger partial charge in [-0.05, 0) is 69.9 Å². The highest BCUT2D eigenvalue weighted by molar-refractivity contribution is 9.10. The number of amides is 2. The number of hydrazone groups is 1. The Morgan fingerprint density at radius 1 is 1.03 bits per heavy atom. The lowest BCUT2D eigenvalue weighted by atomic mass is 10.1. The lowest BCUT2D eigenvalue weighted by Gasteiger charge is -2.10. The molecule has 0 spiro atoms. The number of halogens is 3. The normalized spacial score (nSPS) is 10.8. The summed E-state index contributed by atoms with van der Waals surface area (Å²) in [4.78, 5) is 24.2. The fourth-order valence-corrected chi connectivity index (χ4v) is 3.99. The predicted octanol–water partition coefficient (Wildman–Crippen LogP) is 6.38. The third-order valence-corrected chi connectivity index (χ3v) is 5.96. The molecule has 0 heterocycles. The largest absolute Gasteiger partial charge is 0.488 e. The highest BCUT2D eigenvalue weighted by atomic mass is 79.9. The minimum absolute atomic E-state index is 0.281. The van der Waals surface area contributed by atoms with Crippen LogP contribution in [0.1, 0.15) is 30.0 Å². The van der Waals surface area contributed by atoms with Crippen LogP contribution in [0.5, 0.6) is 5.75 Å². The van der Waals surface area contributed by atoms with Crippen molar-refractivity contribution in [3.8, 4) is 5.75 Å². The number of benzene rings is 3. The molecule has 2 amide bonds. The first-order valence-corrected chi connectivity index (χ1v) is 12.0. The van der Waals surface area contributed by atoms with E-state index in [2.05, 4.69) is 31.8 Å². The second-order valence-electron chi connectivity index (χ2n) is 7.24. The van der Waals surface area contributed by atoms with Gasteiger partial charge >= 0.3 is 0 Å². The zero-order valence-electron chi connectivity index (χ0n) is 18.3. The lowest BCUT2D eigenvalue weighted by Crippen LogP contribution is -2.25. The van der Waals surface area contributed by atoms with Gasteiger partial charge in [0.2, 0.25) is 11.8 Å². The van der Waals surface area contributed by atoms with Gasteiger partial charge in [-0.3, -0.25) is 9.59 Å². The molecule has 3 aromatic rings. The predicted molar refractivity (Wildman–Crippen MR) is 140 cm³/mol. The second kappa shape index (κ2) is 12.6. The maximum absolute atomic E-state index is 12.1. The maximum Gasteiger partial charge on any atom is 0.249 e. The van der Waals surface area contributed by atoms with E-state index in [1.54, 1.807) is 30.3 Å². The quantitative estimate of drug-likeness (QED) is 0.180. The van der Waals surface area contributed by atoms with E-state index in [1.807, 2.05) is 37.3 Å². The fraction of sp³-hybridized carbons (Fsp3) is 0.160. The molecule has 0 unspecified atom stereocenters. The molecule has 0 aliphatic heterocycles. The molecule has 176 valence electrons. The summed E-state index contributed by atoms with van der Waals surface area (Å²) in [7, 11) is 0. The molecule has 2 N–H and O–H groups in total. The summed E-state index contributed by atoms with van der Waals surface area (Å²) in [6.45, 7) is 2.28. The molecule has 0 aliphatic carbocycles. The van der Waals surface area contributed by atoms with Gasteiger partial charge in [-0.2, -0.15) is 5.10 Å². The second-order valence-corrected chi connectivity index (χ2v) is 8.94. The van der Waals surface area contributed by atoms with E-state index in [0.717, 1.165) is 23.1 Å². The van der Waals surface area contributed by atoms with Crippen molar-refractivity contribution in [1.29, 1.82) is 0 Å². The summed E-state index contributed by atoms with van der Waals surface area (Å²) >= 11 is 15.6. The molecule has 0 saturated heterocycles. The van der Waals surface area contributed by atoms with Crippen LogP contribution in [0.15, 0.2) is 70.2 Å². The molecule has 6 nitrogen and oxygen atoms in total. The van der Waals surface area contributed by atoms with Crippen molar-refractivity contribution in [1.82, 2.24) is 5.43 Å². The first kappa shape index (κ1) is 25.7. The molecule has 0 aromatic heterocycles. The number of carbonyl (C=O) groups is 2. The van der Waals surface area contributed by atoms with Gasteiger partial charge in [0.1, 0.15) is 18.8 Å². The molecule has 9 heteroatoms. The Labute approximate surface area is 216 Å². The van der Waals surface area contributed by atoms with Gasteiger partial charge in [0, 0.05) is 21.3 Å². The number of rotatable bonds is 9. The molecular weight excluding hydrogens is 541 g/mol. The van der Waals surface area contributed by atoms with Crippen molar-refractivity contribution in [2.24, 2.45) is 5.10 Å². The van der Waals surface area contributed by atoms with E-state index in [1.165, 1.54) is 6.21 Å². The molecule has 3 rings (SSSR count). The zero-order valence-corrected chi connectivity index (χ0v) is 21.4. The molecule has 3 aromatic carbocycles. The molecule has 0 bridgehead atoms. The number of nitrogens with one attached hydrogen (secondary N) is 2. The van der Waals surface area contributed by atoms with Gasteiger partial charge in [0.25, 0.3) is 0 Å². The van der Waals surface area contributed by atoms with E-state index in [-0.39, 0.29) is 13.0 Å². The first-order valence-electron chi connectivity index (χ1n) is 10.4. The van der Waals surface area contributed by atoms with Crippen molar-refractivity contribution in [3.05, 3.63) is 91.9 Å². The number of para-hydroxylation sites is 1. The maximum atomic E-state index is 12.1. The SMILES string of the molecule is CCc1ccccc1NC(=O)CC(=O)NN=Cc1ccc(OCc2ccc(Cl)cc2Cl)c(Br)c1. The molecule has 0 fully saturated rings. The van der Waals surface area contributed by atoms with E-state index < -0.39 is 11.8 Å². The molecule has 0 radical (unpaired) electrons. The van der Waals surface area contributed by atoms with Gasteiger partial charge in [-0.25, -0.2) is 5.43 Å². The summed E-state index contributed by atoms with van der Waals surface area (Å²) in [5, 5.41) is 7.78. The molecule has 0 atom stereocenters. The number of carbonyl (C=O) groups excluding carboxylic acids is 2. The number of anilines is 1. The van der Waals surface area contributed by atoms with Crippen LogP contribution in [0.2, 0.25) is 10.0 Å². The van der Waals surface area contributed by atoms with Crippen molar-refractivity contribution in [2.75, 3.05) is 5.32 Å². The summed E-state index contributed by atoms with van der Waals surface area (Å²) in [6.07, 6.45) is 1.92. The number of hydrogen-bond donors (Lipinski definition) is 2. The van der Waals surface area contributed by atoms with Crippen molar-refractivity contribution >= 4 is 62.8 Å². The number of aryl methyl sites for hydroxylation is 1. The van der Waals surface area contributed by atoms with Crippen molar-refractivity contribution in [2.45, 2.75) is 26.4 Å². The van der Waals surface area contributed by atoms with Gasteiger partial charge in [0.05, 0.1) is 10.7 Å². The van der Waals surface area contributed by atoms with Crippen LogP contribution in [0, 0.1) is 0 Å². The van der Waals surface area contributed by atoms with E-state index in [0.29, 0.717) is 26.0 Å². The van der Waals surface area contributed by atoms with Crippen molar-refractivity contribution < 1.29 is 14.3 Å². The smallest absolute Gasteiger partial charge is 0.249 e. The summed E-state index contributed by atoms with van der Waals surface area (Å²) in [5.41, 5.74) is 5.61. The third-order valence-electron chi connectivity index (χ3n) is 4.75. The number of ether oxygens (including phenoxy) is 1. The Morgan fingerprint density at radius 2 is 1.82 bits per heavy atom. The summed E-state index contributed by atoms with van der Waals surface area (Å²) in [6, 6.07) is 18.1. The van der Waals surface area contributed by atoms with Crippen LogP contribution >= 0.6 is 39.1 Å². The Bertz CT molecular complexity index is 1220. The van der Waals surface area contributed by atoms with Gasteiger partial charge in [-0.1, -0.05) is 54.4 Å². The molecule has 34 heavy (non-hydrogen) atoms. The Kier molecular flexibility index (Phi) is 9.51. The minimum atomic E-state index is -0.512. The van der Waals surface area contributed by atoms with Gasteiger partial charge in [0.15, 0.2) is 0 Å². The zero-order chi connectivity index (χ0) is 24.5. The van der Waals surface area contributed by atoms with E-state index in [9.17, 15) is 9.59 Å². The lowest BCUT2D eigenvalue weighted by molar-refractivity contribution is -0.126. The fourth-order valence-electron chi connectivity index (χ4n) is 3.02. The van der Waals surface area contributed by atoms with Crippen LogP contribution in [0.25, 0.3) is 0 Å². The number of nitrogens with zero attached hydrogens (tertiary/aromatic N) is 1. The Balaban J connectivity index is 1.49. The highest BCUT2D eigenvalue weighted by Gasteiger charge is 2.11. The molecular formula is C25H22BrCl2N3O3. The standard InChI is InChI=1S/C25H22BrCl2N3O3/c1-2-17-5-3-4-6-22(17)30-24(32)13-25(33)31-29-14-16-7-10-23(20(26)11-16)34-15-18-8-9-19(27)12-21(18)28/h3-12,14H,2,13,15H2,1H3,(H,30,32)(H,31,33). The molecule has 0 saturated carbocycles. The topological polar surface area (TPSA) is 79.8 Å². The highest BCUT2D eigenvalue weighted by Crippen LogP contribution is 2.28. The van der Waals surface area contributed by atoms with E-state index in [4.69, 9.17) is 27.9 Å². The van der Waals surface area contributed by atoms with E-state index >= 15 is 0 Å². The van der Waals surface area contributed by atoms with Crippen LogP contribution in [0.3, 0.4) is 0 Å². The molecule has 0 aliphatic rings. The van der Waals surface area contributed by atoms with Crippen LogP contribution < -0.4 is 15.5 Å².